The van der Waals surface area contributed by atoms with Crippen molar-refractivity contribution in [1.82, 2.24) is 0 Å². The summed E-state index contributed by atoms with van der Waals surface area (Å²) in [4.78, 5) is 6.91. The summed E-state index contributed by atoms with van der Waals surface area (Å²) in [6.07, 6.45) is 1.92. The van der Waals surface area contributed by atoms with Crippen molar-refractivity contribution in [3.05, 3.63) is 169 Å². The maximum atomic E-state index is 5.45. The summed E-state index contributed by atoms with van der Waals surface area (Å²) < 4.78 is 5.45. The molecule has 210 valence electrons. The van der Waals surface area contributed by atoms with Crippen LogP contribution in [0.3, 0.4) is 0 Å². The molecule has 43 heavy (non-hydrogen) atoms. The van der Waals surface area contributed by atoms with Gasteiger partial charge in [-0.2, -0.15) is 0 Å². The van der Waals surface area contributed by atoms with E-state index in [1.54, 1.807) is 7.11 Å². The number of para-hydroxylation sites is 1. The van der Waals surface area contributed by atoms with Gasteiger partial charge in [0.2, 0.25) is 0 Å². The number of anilines is 5. The number of hydrogen-bond acceptors (Lipinski definition) is 4. The zero-order valence-electron chi connectivity index (χ0n) is 24.1. The number of nitrogens with one attached hydrogen (secondary N) is 1. The predicted octanol–water partition coefficient (Wildman–Crippen LogP) is 10.2. The van der Waals surface area contributed by atoms with Gasteiger partial charge in [-0.25, -0.2) is 0 Å². The van der Waals surface area contributed by atoms with Gasteiger partial charge in [0.25, 0.3) is 0 Å². The summed E-state index contributed by atoms with van der Waals surface area (Å²) in [6.45, 7) is 0.633. The maximum Gasteiger partial charge on any atom is 0.119 e. The van der Waals surface area contributed by atoms with Gasteiger partial charge in [0.15, 0.2) is 0 Å². The third-order valence-electron chi connectivity index (χ3n) is 7.24. The van der Waals surface area contributed by atoms with Crippen LogP contribution in [0, 0.1) is 0 Å². The van der Waals surface area contributed by atoms with Crippen LogP contribution in [-0.4, -0.2) is 13.3 Å². The Morgan fingerprint density at radius 1 is 0.628 bits per heavy atom. The second kappa shape index (κ2) is 13.4. The first-order valence-electron chi connectivity index (χ1n) is 14.4. The molecule has 4 nitrogen and oxygen atoms in total. The van der Waals surface area contributed by atoms with Gasteiger partial charge < -0.3 is 15.0 Å². The van der Waals surface area contributed by atoms with Crippen LogP contribution in [0.1, 0.15) is 11.1 Å². The van der Waals surface area contributed by atoms with Crippen LogP contribution >= 0.6 is 0 Å². The molecule has 0 aliphatic rings. The molecule has 6 aromatic rings. The summed E-state index contributed by atoms with van der Waals surface area (Å²) in [5.74, 6) is 0.824. The molecule has 0 radical (unpaired) electrons. The number of aliphatic imine (C=N–C) groups is 1. The van der Waals surface area contributed by atoms with Gasteiger partial charge in [0.1, 0.15) is 5.75 Å². The lowest BCUT2D eigenvalue weighted by Gasteiger charge is -2.29. The molecule has 0 spiro atoms. The Morgan fingerprint density at radius 2 is 1.26 bits per heavy atom. The van der Waals surface area contributed by atoms with Crippen LogP contribution in [0.4, 0.5) is 28.4 Å². The van der Waals surface area contributed by atoms with E-state index in [4.69, 9.17) is 4.74 Å². The number of methoxy groups -OCH3 is 1. The van der Waals surface area contributed by atoms with Crippen molar-refractivity contribution in [2.24, 2.45) is 4.99 Å². The molecule has 0 bridgehead atoms. The molecule has 6 aromatic carbocycles. The van der Waals surface area contributed by atoms with Crippen LogP contribution in [0.2, 0.25) is 0 Å². The lowest BCUT2D eigenvalue weighted by atomic mass is 9.99. The highest BCUT2D eigenvalue weighted by Gasteiger charge is 2.20. The molecule has 1 N–H and O–H groups in total. The maximum absolute atomic E-state index is 5.45. The summed E-state index contributed by atoms with van der Waals surface area (Å²) in [5.41, 5.74) is 9.72. The minimum atomic E-state index is 0.633. The van der Waals surface area contributed by atoms with Crippen molar-refractivity contribution < 1.29 is 4.74 Å². The molecule has 4 heteroatoms. The van der Waals surface area contributed by atoms with Crippen molar-refractivity contribution in [3.8, 4) is 16.9 Å². The Morgan fingerprint density at radius 3 is 1.93 bits per heavy atom. The van der Waals surface area contributed by atoms with E-state index in [2.05, 4.69) is 137 Å². The van der Waals surface area contributed by atoms with Gasteiger partial charge in [0.05, 0.1) is 19.3 Å². The first-order chi connectivity index (χ1) is 21.3. The monoisotopic (exact) mass is 559 g/mol. The second-order valence-corrected chi connectivity index (χ2v) is 10.1. The number of rotatable bonds is 10. The van der Waals surface area contributed by atoms with Gasteiger partial charge >= 0.3 is 0 Å². The number of ether oxygens (including phenoxy) is 1. The lowest BCUT2D eigenvalue weighted by molar-refractivity contribution is 0.415. The van der Waals surface area contributed by atoms with Gasteiger partial charge in [-0.1, -0.05) is 97.1 Å². The zero-order valence-corrected chi connectivity index (χ0v) is 24.1. The van der Waals surface area contributed by atoms with Crippen molar-refractivity contribution in [2.45, 2.75) is 6.54 Å². The molecular weight excluding hydrogens is 526 g/mol. The highest BCUT2D eigenvalue weighted by atomic mass is 16.5. The van der Waals surface area contributed by atoms with Crippen molar-refractivity contribution in [1.29, 1.82) is 0 Å². The first kappa shape index (κ1) is 27.6. The fourth-order valence-electron chi connectivity index (χ4n) is 5.12. The molecule has 0 amide bonds. The summed E-state index contributed by atoms with van der Waals surface area (Å²) in [6, 6.07) is 54.3. The number of hydrogen-bond donors (Lipinski definition) is 1. The molecule has 0 fully saturated rings. The summed E-state index contributed by atoms with van der Waals surface area (Å²) >= 11 is 0. The third-order valence-corrected chi connectivity index (χ3v) is 7.24. The Labute approximate surface area is 253 Å². The van der Waals surface area contributed by atoms with E-state index in [9.17, 15) is 0 Å². The van der Waals surface area contributed by atoms with Crippen LogP contribution in [0.25, 0.3) is 11.1 Å². The molecule has 0 aromatic heterocycles. The molecule has 0 atom stereocenters. The van der Waals surface area contributed by atoms with Gasteiger partial charge in [-0.3, -0.25) is 4.99 Å². The van der Waals surface area contributed by atoms with Crippen molar-refractivity contribution in [3.63, 3.8) is 0 Å². The molecule has 0 unspecified atom stereocenters. The zero-order chi connectivity index (χ0) is 29.3. The van der Waals surface area contributed by atoms with Crippen LogP contribution in [-0.2, 0) is 6.54 Å². The Kier molecular flexibility index (Phi) is 8.57. The van der Waals surface area contributed by atoms with Crippen molar-refractivity contribution in [2.75, 3.05) is 17.3 Å². The molecule has 0 aliphatic carbocycles. The van der Waals surface area contributed by atoms with E-state index in [-0.39, 0.29) is 0 Å². The van der Waals surface area contributed by atoms with Crippen LogP contribution in [0.15, 0.2) is 163 Å². The lowest BCUT2D eigenvalue weighted by Crippen LogP contribution is -2.12. The van der Waals surface area contributed by atoms with Crippen LogP contribution in [0.5, 0.6) is 5.75 Å². The predicted molar refractivity (Wildman–Crippen MR) is 181 cm³/mol. The normalized spacial score (nSPS) is 10.9. The third kappa shape index (κ3) is 6.66. The average Bonchev–Trinajstić information content (AvgIpc) is 3.07. The minimum absolute atomic E-state index is 0.633. The highest BCUT2D eigenvalue weighted by molar-refractivity contribution is 5.95. The average molecular weight is 560 g/mol. The van der Waals surface area contributed by atoms with Crippen LogP contribution < -0.4 is 15.0 Å². The molecule has 0 heterocycles. The molecule has 0 aliphatic heterocycles. The van der Waals surface area contributed by atoms with E-state index in [0.717, 1.165) is 56.4 Å². The van der Waals surface area contributed by atoms with Crippen molar-refractivity contribution >= 4 is 34.7 Å². The minimum Gasteiger partial charge on any atom is -0.497 e. The fraction of sp³-hybridized carbons (Fsp3) is 0.0513. The number of benzene rings is 6. The van der Waals surface area contributed by atoms with E-state index in [1.165, 1.54) is 0 Å². The second-order valence-electron chi connectivity index (χ2n) is 10.1. The smallest absolute Gasteiger partial charge is 0.119 e. The van der Waals surface area contributed by atoms with Gasteiger partial charge in [-0.15, -0.1) is 0 Å². The summed E-state index contributed by atoms with van der Waals surface area (Å²) in [7, 11) is 1.69. The SMILES string of the molecule is COc1ccc(N(c2ccccc2)c2cccc(Nc3ccc(CN=Cc4ccccc4)cc3)c2-c2ccccc2)cc1. The highest BCUT2D eigenvalue weighted by Crippen LogP contribution is 2.45. The number of nitrogens with zero attached hydrogens (tertiary/aromatic N) is 2. The Balaban J connectivity index is 1.36. The largest absolute Gasteiger partial charge is 0.497 e. The summed E-state index contributed by atoms with van der Waals surface area (Å²) in [5, 5.41) is 3.71. The Hall–Kier alpha value is -5.61. The van der Waals surface area contributed by atoms with Gasteiger partial charge in [0, 0.05) is 34.5 Å². The topological polar surface area (TPSA) is 36.9 Å². The quantitative estimate of drug-likeness (QED) is 0.170. The molecule has 0 saturated heterocycles. The van der Waals surface area contributed by atoms with E-state index in [1.807, 2.05) is 42.6 Å². The first-order valence-corrected chi connectivity index (χ1v) is 14.4. The fourth-order valence-corrected chi connectivity index (χ4v) is 5.12. The molecule has 6 rings (SSSR count). The molecule has 0 saturated carbocycles. The standard InChI is InChI=1S/C39H33N3O/c1-43-36-26-24-35(25-27-36)42(34-16-9-4-10-17-34)38-19-11-18-37(39(38)32-14-7-3-8-15-32)41-33-22-20-31(21-23-33)29-40-28-30-12-5-2-6-13-30/h2-28,41H,29H2,1H3. The van der Waals surface area contributed by atoms with E-state index >= 15 is 0 Å². The van der Waals surface area contributed by atoms with Gasteiger partial charge in [-0.05, 0) is 77.4 Å². The van der Waals surface area contributed by atoms with E-state index in [0.29, 0.717) is 6.54 Å². The molecular formula is C39H33N3O. The van der Waals surface area contributed by atoms with E-state index < -0.39 is 0 Å². The Bertz CT molecular complexity index is 1770.